The average molecular weight is 228 g/mol. The Morgan fingerprint density at radius 1 is 1.36 bits per heavy atom. The second-order valence-electron chi connectivity index (χ2n) is 2.86. The molecule has 0 spiro atoms. The van der Waals surface area contributed by atoms with Gasteiger partial charge in [0.1, 0.15) is 0 Å². The van der Waals surface area contributed by atoms with Crippen LogP contribution in [0.15, 0.2) is 18.2 Å². The van der Waals surface area contributed by atoms with Gasteiger partial charge in [-0.05, 0) is 24.6 Å². The fraction of sp³-hybridized carbons (Fsp3) is 0.273. The van der Waals surface area contributed by atoms with Crippen molar-refractivity contribution in [1.29, 1.82) is 0 Å². The summed E-state index contributed by atoms with van der Waals surface area (Å²) in [5.74, 6) is 2.58. The van der Waals surface area contributed by atoms with Gasteiger partial charge in [-0.3, -0.25) is 0 Å². The summed E-state index contributed by atoms with van der Waals surface area (Å²) in [4.78, 5) is 0. The SMILES string of the molecule is C#CCCCNc1ccc(Cl)cc1Cl. The molecule has 14 heavy (non-hydrogen) atoms. The second-order valence-corrected chi connectivity index (χ2v) is 3.70. The van der Waals surface area contributed by atoms with Gasteiger partial charge in [0.25, 0.3) is 0 Å². The fourth-order valence-corrected chi connectivity index (χ4v) is 1.52. The van der Waals surface area contributed by atoms with E-state index in [4.69, 9.17) is 29.6 Å². The monoisotopic (exact) mass is 227 g/mol. The Labute approximate surface area is 94.4 Å². The van der Waals surface area contributed by atoms with E-state index in [1.54, 1.807) is 12.1 Å². The quantitative estimate of drug-likeness (QED) is 0.610. The number of terminal acetylenes is 1. The van der Waals surface area contributed by atoms with E-state index in [2.05, 4.69) is 11.2 Å². The van der Waals surface area contributed by atoms with Gasteiger partial charge in [0.15, 0.2) is 0 Å². The molecular formula is C11H11Cl2N. The Morgan fingerprint density at radius 2 is 2.14 bits per heavy atom. The maximum absolute atomic E-state index is 5.96. The molecule has 0 unspecified atom stereocenters. The first-order chi connectivity index (χ1) is 6.74. The van der Waals surface area contributed by atoms with Gasteiger partial charge in [-0.1, -0.05) is 23.2 Å². The summed E-state index contributed by atoms with van der Waals surface area (Å²) in [6, 6.07) is 5.38. The van der Waals surface area contributed by atoms with Crippen LogP contribution in [0.4, 0.5) is 5.69 Å². The predicted molar refractivity (Wildman–Crippen MR) is 63.0 cm³/mol. The topological polar surface area (TPSA) is 12.0 Å². The Morgan fingerprint density at radius 3 is 2.79 bits per heavy atom. The highest BCUT2D eigenvalue weighted by atomic mass is 35.5. The molecule has 74 valence electrons. The van der Waals surface area contributed by atoms with Crippen molar-refractivity contribution in [1.82, 2.24) is 0 Å². The molecule has 0 atom stereocenters. The zero-order chi connectivity index (χ0) is 10.4. The number of hydrogen-bond acceptors (Lipinski definition) is 1. The molecule has 0 aliphatic carbocycles. The van der Waals surface area contributed by atoms with Gasteiger partial charge in [-0.2, -0.15) is 0 Å². The highest BCUT2D eigenvalue weighted by Gasteiger charge is 1.99. The van der Waals surface area contributed by atoms with E-state index in [1.807, 2.05) is 6.07 Å². The van der Waals surface area contributed by atoms with Crippen LogP contribution < -0.4 is 5.32 Å². The number of halogens is 2. The molecule has 3 heteroatoms. The lowest BCUT2D eigenvalue weighted by Gasteiger charge is -2.07. The Hall–Kier alpha value is -0.840. The molecular weight excluding hydrogens is 217 g/mol. The lowest BCUT2D eigenvalue weighted by molar-refractivity contribution is 0.907. The molecule has 0 radical (unpaired) electrons. The highest BCUT2D eigenvalue weighted by molar-refractivity contribution is 6.36. The van der Waals surface area contributed by atoms with E-state index >= 15 is 0 Å². The summed E-state index contributed by atoms with van der Waals surface area (Å²) >= 11 is 11.7. The van der Waals surface area contributed by atoms with E-state index in [1.165, 1.54) is 0 Å². The molecule has 1 aromatic carbocycles. The fourth-order valence-electron chi connectivity index (χ4n) is 1.05. The number of unbranched alkanes of at least 4 members (excludes halogenated alkanes) is 1. The zero-order valence-corrected chi connectivity index (χ0v) is 9.20. The summed E-state index contributed by atoms with van der Waals surface area (Å²) in [5, 5.41) is 4.47. The third-order valence-electron chi connectivity index (χ3n) is 1.74. The highest BCUT2D eigenvalue weighted by Crippen LogP contribution is 2.25. The first-order valence-electron chi connectivity index (χ1n) is 4.36. The number of hydrogen-bond donors (Lipinski definition) is 1. The summed E-state index contributed by atoms with van der Waals surface area (Å²) in [7, 11) is 0. The lowest BCUT2D eigenvalue weighted by Crippen LogP contribution is -2.01. The lowest BCUT2D eigenvalue weighted by atomic mass is 10.3. The van der Waals surface area contributed by atoms with Crippen molar-refractivity contribution < 1.29 is 0 Å². The van der Waals surface area contributed by atoms with Gasteiger partial charge in [-0.25, -0.2) is 0 Å². The van der Waals surface area contributed by atoms with Crippen LogP contribution in [0.25, 0.3) is 0 Å². The third-order valence-corrected chi connectivity index (χ3v) is 2.29. The van der Waals surface area contributed by atoms with Crippen LogP contribution in [0.5, 0.6) is 0 Å². The van der Waals surface area contributed by atoms with E-state index in [0.29, 0.717) is 10.0 Å². The molecule has 0 heterocycles. The van der Waals surface area contributed by atoms with E-state index in [9.17, 15) is 0 Å². The third kappa shape index (κ3) is 3.49. The maximum Gasteiger partial charge on any atom is 0.0652 e. The van der Waals surface area contributed by atoms with Gasteiger partial charge in [-0.15, -0.1) is 12.3 Å². The molecule has 1 aromatic rings. The van der Waals surface area contributed by atoms with Gasteiger partial charge in [0.05, 0.1) is 10.7 Å². The van der Waals surface area contributed by atoms with Crippen LogP contribution >= 0.6 is 23.2 Å². The molecule has 1 rings (SSSR count). The number of rotatable bonds is 4. The van der Waals surface area contributed by atoms with Crippen molar-refractivity contribution in [2.45, 2.75) is 12.8 Å². The zero-order valence-electron chi connectivity index (χ0n) is 7.69. The van der Waals surface area contributed by atoms with Gasteiger partial charge in [0, 0.05) is 18.0 Å². The molecule has 0 amide bonds. The molecule has 0 fully saturated rings. The van der Waals surface area contributed by atoms with Crippen LogP contribution in [-0.4, -0.2) is 6.54 Å². The molecule has 0 saturated heterocycles. The molecule has 0 aliphatic rings. The van der Waals surface area contributed by atoms with Crippen molar-refractivity contribution in [2.24, 2.45) is 0 Å². The van der Waals surface area contributed by atoms with Crippen LogP contribution in [0.1, 0.15) is 12.8 Å². The minimum atomic E-state index is 0.637. The molecule has 1 N–H and O–H groups in total. The van der Waals surface area contributed by atoms with Crippen LogP contribution in [0.3, 0.4) is 0 Å². The Balaban J connectivity index is 2.47. The molecule has 1 nitrogen and oxygen atoms in total. The minimum Gasteiger partial charge on any atom is -0.384 e. The Bertz CT molecular complexity index is 342. The summed E-state index contributed by atoms with van der Waals surface area (Å²) < 4.78 is 0. The number of anilines is 1. The van der Waals surface area contributed by atoms with Crippen LogP contribution in [-0.2, 0) is 0 Å². The first kappa shape index (κ1) is 11.2. The van der Waals surface area contributed by atoms with Crippen molar-refractivity contribution in [2.75, 3.05) is 11.9 Å². The minimum absolute atomic E-state index is 0.637. The predicted octanol–water partition coefficient (Wildman–Crippen LogP) is 3.82. The molecule has 0 aliphatic heterocycles. The van der Waals surface area contributed by atoms with E-state index < -0.39 is 0 Å². The van der Waals surface area contributed by atoms with Gasteiger partial charge < -0.3 is 5.32 Å². The van der Waals surface area contributed by atoms with Crippen molar-refractivity contribution in [3.8, 4) is 12.3 Å². The van der Waals surface area contributed by atoms with Crippen molar-refractivity contribution in [3.63, 3.8) is 0 Å². The molecule has 0 aromatic heterocycles. The van der Waals surface area contributed by atoms with Gasteiger partial charge in [0.2, 0.25) is 0 Å². The second kappa shape index (κ2) is 5.80. The normalized spacial score (nSPS) is 9.50. The molecule has 0 saturated carbocycles. The van der Waals surface area contributed by atoms with E-state index in [0.717, 1.165) is 25.1 Å². The smallest absolute Gasteiger partial charge is 0.0652 e. The number of nitrogens with one attached hydrogen (secondary N) is 1. The molecule has 0 bridgehead atoms. The van der Waals surface area contributed by atoms with Gasteiger partial charge >= 0.3 is 0 Å². The summed E-state index contributed by atoms with van der Waals surface area (Å²) in [5.41, 5.74) is 0.896. The largest absolute Gasteiger partial charge is 0.384 e. The van der Waals surface area contributed by atoms with E-state index in [-0.39, 0.29) is 0 Å². The van der Waals surface area contributed by atoms with Crippen LogP contribution in [0, 0.1) is 12.3 Å². The number of benzene rings is 1. The van der Waals surface area contributed by atoms with Crippen molar-refractivity contribution in [3.05, 3.63) is 28.2 Å². The Kier molecular flexibility index (Phi) is 4.65. The summed E-state index contributed by atoms with van der Waals surface area (Å²) in [6.07, 6.45) is 6.85. The first-order valence-corrected chi connectivity index (χ1v) is 5.12. The summed E-state index contributed by atoms with van der Waals surface area (Å²) in [6.45, 7) is 0.825. The maximum atomic E-state index is 5.96. The van der Waals surface area contributed by atoms with Crippen LogP contribution in [0.2, 0.25) is 10.0 Å². The average Bonchev–Trinajstić information content (AvgIpc) is 2.15. The standard InChI is InChI=1S/C11H11Cl2N/c1-2-3-4-7-14-11-6-5-9(12)8-10(11)13/h1,5-6,8,14H,3-4,7H2. The van der Waals surface area contributed by atoms with Crippen molar-refractivity contribution >= 4 is 28.9 Å².